The van der Waals surface area contributed by atoms with Gasteiger partial charge in [0.25, 0.3) is 0 Å². The van der Waals surface area contributed by atoms with Crippen molar-refractivity contribution in [3.63, 3.8) is 0 Å². The van der Waals surface area contributed by atoms with Crippen LogP contribution in [0, 0.1) is 5.92 Å². The second-order valence-corrected chi connectivity index (χ2v) is 5.86. The lowest BCUT2D eigenvalue weighted by Gasteiger charge is -2.18. The average molecular weight is 343 g/mol. The zero-order valence-corrected chi connectivity index (χ0v) is 12.4. The summed E-state index contributed by atoms with van der Waals surface area (Å²) in [5.74, 6) is 0.936. The first-order valence-electron chi connectivity index (χ1n) is 6.18. The molecular weight excluding hydrogens is 325 g/mol. The average Bonchev–Trinajstić information content (AvgIpc) is 3.03. The second-order valence-electron chi connectivity index (χ2n) is 4.42. The summed E-state index contributed by atoms with van der Waals surface area (Å²) in [6.07, 6.45) is 0. The topological polar surface area (TPSA) is 20.3 Å². The van der Waals surface area contributed by atoms with E-state index in [0.29, 0.717) is 15.7 Å². The molecule has 1 fully saturated rings. The Morgan fingerprint density at radius 1 is 1.24 bits per heavy atom. The van der Waals surface area contributed by atoms with E-state index < -0.39 is 0 Å². The second kappa shape index (κ2) is 5.38. The molecule has 1 aliphatic carbocycles. The fraction of sp³-hybridized carbons (Fsp3) is 0.500. The van der Waals surface area contributed by atoms with E-state index in [0.717, 1.165) is 13.1 Å². The molecule has 0 radical (unpaired) electrons. The number of amides is 1. The number of hydrogen-bond donors (Lipinski definition) is 0. The lowest BCUT2D eigenvalue weighted by Crippen LogP contribution is -2.32. The van der Waals surface area contributed by atoms with E-state index in [4.69, 9.17) is 0 Å². The molecule has 3 atom stereocenters. The third-order valence-corrected chi connectivity index (χ3v) is 5.03. The predicted molar refractivity (Wildman–Crippen MR) is 78.4 cm³/mol. The van der Waals surface area contributed by atoms with E-state index in [9.17, 15) is 4.79 Å². The zero-order chi connectivity index (χ0) is 12.4. The van der Waals surface area contributed by atoms with Gasteiger partial charge in [0.1, 0.15) is 0 Å². The third kappa shape index (κ3) is 2.49. The van der Waals surface area contributed by atoms with Crippen molar-refractivity contribution in [1.82, 2.24) is 4.90 Å². The van der Waals surface area contributed by atoms with Crippen molar-refractivity contribution in [2.24, 2.45) is 5.92 Å². The highest BCUT2D eigenvalue weighted by Gasteiger charge is 2.54. The summed E-state index contributed by atoms with van der Waals surface area (Å²) in [7, 11) is 0. The van der Waals surface area contributed by atoms with Crippen LogP contribution in [0.4, 0.5) is 0 Å². The first-order chi connectivity index (χ1) is 8.20. The first-order valence-corrected chi connectivity index (χ1v) is 7.43. The normalized spacial score (nSPS) is 26.6. The smallest absolute Gasteiger partial charge is 0.227 e. The fourth-order valence-corrected chi connectivity index (χ4v) is 3.75. The molecule has 0 unspecified atom stereocenters. The van der Waals surface area contributed by atoms with E-state index in [1.165, 1.54) is 5.56 Å². The number of alkyl halides is 1. The van der Waals surface area contributed by atoms with Gasteiger partial charge in [0.2, 0.25) is 5.91 Å². The van der Waals surface area contributed by atoms with Gasteiger partial charge in [-0.25, -0.2) is 0 Å². The van der Waals surface area contributed by atoms with Crippen LogP contribution in [-0.4, -0.2) is 27.8 Å². The van der Waals surface area contributed by atoms with Crippen LogP contribution < -0.4 is 0 Å². The van der Waals surface area contributed by atoms with E-state index in [2.05, 4.69) is 46.9 Å². The molecule has 92 valence electrons. The molecule has 3 heteroatoms. The van der Waals surface area contributed by atoms with Crippen LogP contribution in [0.15, 0.2) is 30.3 Å². The number of rotatable bonds is 4. The zero-order valence-electron chi connectivity index (χ0n) is 10.3. The molecule has 0 spiro atoms. The van der Waals surface area contributed by atoms with Crippen molar-refractivity contribution < 1.29 is 4.79 Å². The molecule has 2 nitrogen and oxygen atoms in total. The highest BCUT2D eigenvalue weighted by molar-refractivity contribution is 14.1. The molecule has 0 aliphatic heterocycles. The Balaban J connectivity index is 2.08. The van der Waals surface area contributed by atoms with Crippen LogP contribution in [0.1, 0.15) is 25.3 Å². The van der Waals surface area contributed by atoms with Crippen LogP contribution in [-0.2, 0) is 4.79 Å². The Hall–Kier alpha value is -0.580. The van der Waals surface area contributed by atoms with Gasteiger partial charge in [0.05, 0.1) is 5.92 Å². The van der Waals surface area contributed by atoms with E-state index in [-0.39, 0.29) is 5.92 Å². The number of hydrogen-bond acceptors (Lipinski definition) is 1. The van der Waals surface area contributed by atoms with Gasteiger partial charge in [0, 0.05) is 22.9 Å². The van der Waals surface area contributed by atoms with Crippen LogP contribution in [0.3, 0.4) is 0 Å². The van der Waals surface area contributed by atoms with Crippen molar-refractivity contribution in [3.8, 4) is 0 Å². The van der Waals surface area contributed by atoms with Crippen molar-refractivity contribution in [2.45, 2.75) is 23.7 Å². The Bertz CT molecular complexity index is 388. The minimum atomic E-state index is 0.192. The molecule has 1 aromatic carbocycles. The highest BCUT2D eigenvalue weighted by atomic mass is 127. The van der Waals surface area contributed by atoms with Crippen molar-refractivity contribution >= 4 is 28.5 Å². The van der Waals surface area contributed by atoms with Crippen LogP contribution in [0.25, 0.3) is 0 Å². The minimum absolute atomic E-state index is 0.192. The predicted octanol–water partition coefficient (Wildman–Crippen LogP) is 3.07. The Kier molecular flexibility index (Phi) is 4.07. The van der Waals surface area contributed by atoms with Gasteiger partial charge in [-0.2, -0.15) is 0 Å². The van der Waals surface area contributed by atoms with Crippen molar-refractivity contribution in [3.05, 3.63) is 35.9 Å². The Labute approximate surface area is 117 Å². The summed E-state index contributed by atoms with van der Waals surface area (Å²) < 4.78 is 0.461. The quantitative estimate of drug-likeness (QED) is 0.608. The monoisotopic (exact) mass is 343 g/mol. The number of halogens is 1. The fourth-order valence-electron chi connectivity index (χ4n) is 2.38. The summed E-state index contributed by atoms with van der Waals surface area (Å²) in [6.45, 7) is 5.72. The van der Waals surface area contributed by atoms with Gasteiger partial charge in [-0.3, -0.25) is 4.79 Å². The molecular formula is C14H18INO. The number of benzene rings is 1. The molecule has 1 aliphatic rings. The molecule has 0 N–H and O–H groups in total. The summed E-state index contributed by atoms with van der Waals surface area (Å²) in [5, 5.41) is 0. The minimum Gasteiger partial charge on any atom is -0.343 e. The highest BCUT2D eigenvalue weighted by Crippen LogP contribution is 2.54. The molecule has 0 aromatic heterocycles. The molecule has 1 amide bonds. The summed E-state index contributed by atoms with van der Waals surface area (Å²) in [6, 6.07) is 10.4. The van der Waals surface area contributed by atoms with E-state index in [1.807, 2.05) is 24.8 Å². The van der Waals surface area contributed by atoms with Crippen LogP contribution in [0.2, 0.25) is 0 Å². The van der Waals surface area contributed by atoms with Crippen LogP contribution >= 0.6 is 22.6 Å². The number of carbonyl (C=O) groups excluding carboxylic acids is 1. The summed E-state index contributed by atoms with van der Waals surface area (Å²) in [5.41, 5.74) is 1.30. The Morgan fingerprint density at radius 3 is 2.35 bits per heavy atom. The molecule has 0 saturated heterocycles. The molecule has 17 heavy (non-hydrogen) atoms. The maximum atomic E-state index is 12.3. The van der Waals surface area contributed by atoms with Gasteiger partial charge in [-0.1, -0.05) is 52.9 Å². The summed E-state index contributed by atoms with van der Waals surface area (Å²) >= 11 is 2.42. The van der Waals surface area contributed by atoms with E-state index in [1.54, 1.807) is 0 Å². The molecule has 0 heterocycles. The van der Waals surface area contributed by atoms with Crippen LogP contribution in [0.5, 0.6) is 0 Å². The number of nitrogens with zero attached hydrogens (tertiary/aromatic N) is 1. The number of carbonyl (C=O) groups is 1. The van der Waals surface area contributed by atoms with Crippen molar-refractivity contribution in [2.75, 3.05) is 13.1 Å². The van der Waals surface area contributed by atoms with Gasteiger partial charge < -0.3 is 4.90 Å². The maximum Gasteiger partial charge on any atom is 0.227 e. The van der Waals surface area contributed by atoms with Crippen molar-refractivity contribution in [1.29, 1.82) is 0 Å². The van der Waals surface area contributed by atoms with Gasteiger partial charge in [0.15, 0.2) is 0 Å². The third-order valence-electron chi connectivity index (χ3n) is 3.48. The maximum absolute atomic E-state index is 12.3. The molecule has 0 bridgehead atoms. The van der Waals surface area contributed by atoms with Gasteiger partial charge in [-0.05, 0) is 19.4 Å². The lowest BCUT2D eigenvalue weighted by molar-refractivity contribution is -0.132. The first kappa shape index (κ1) is 12.9. The lowest BCUT2D eigenvalue weighted by atomic mass is 10.1. The molecule has 1 aromatic rings. The SMILES string of the molecule is CCN(CC)C(=O)[C@H]1[C@H](I)[C@@H]1c1ccccc1. The molecule has 2 rings (SSSR count). The van der Waals surface area contributed by atoms with Gasteiger partial charge in [-0.15, -0.1) is 0 Å². The standard InChI is InChI=1S/C14H18INO/c1-3-16(4-2)14(17)12-11(13(12)15)10-8-6-5-7-9-10/h5-9,11-13H,3-4H2,1-2H3/t11-,12-,13-/m1/s1. The molecule has 1 saturated carbocycles. The van der Waals surface area contributed by atoms with Gasteiger partial charge >= 0.3 is 0 Å². The Morgan fingerprint density at radius 2 is 1.82 bits per heavy atom. The summed E-state index contributed by atoms with van der Waals surface area (Å²) in [4.78, 5) is 14.2. The van der Waals surface area contributed by atoms with E-state index >= 15 is 0 Å². The largest absolute Gasteiger partial charge is 0.343 e.